The van der Waals surface area contributed by atoms with E-state index in [1.54, 1.807) is 36.2 Å². The van der Waals surface area contributed by atoms with Crippen molar-refractivity contribution in [2.24, 2.45) is 0 Å². The number of hydrogen-bond acceptors (Lipinski definition) is 3. The number of sulfone groups is 1. The highest BCUT2D eigenvalue weighted by Gasteiger charge is 2.43. The number of amides is 1. The lowest BCUT2D eigenvalue weighted by molar-refractivity contribution is 0.0638. The molecule has 0 aromatic heterocycles. The van der Waals surface area contributed by atoms with Gasteiger partial charge in [0.15, 0.2) is 9.84 Å². The van der Waals surface area contributed by atoms with Crippen molar-refractivity contribution < 1.29 is 13.2 Å². The topological polar surface area (TPSA) is 54.5 Å². The SMILES string of the molecule is CN(C(=O)c1ccc(Br)cc1)[C@]1(C)CCS(=O)(=O)C1. The van der Waals surface area contributed by atoms with Gasteiger partial charge in [0.05, 0.1) is 17.0 Å². The summed E-state index contributed by atoms with van der Waals surface area (Å²) in [6, 6.07) is 7.06. The largest absolute Gasteiger partial charge is 0.335 e. The van der Waals surface area contributed by atoms with Gasteiger partial charge >= 0.3 is 0 Å². The van der Waals surface area contributed by atoms with Crippen molar-refractivity contribution in [2.45, 2.75) is 18.9 Å². The zero-order valence-electron chi connectivity index (χ0n) is 10.9. The normalized spacial score (nSPS) is 25.2. The first kappa shape index (κ1) is 14.5. The summed E-state index contributed by atoms with van der Waals surface area (Å²) in [6.45, 7) is 1.83. The average Bonchev–Trinajstić information content (AvgIpc) is 2.64. The Morgan fingerprint density at radius 1 is 1.32 bits per heavy atom. The van der Waals surface area contributed by atoms with E-state index in [-0.39, 0.29) is 17.4 Å². The lowest BCUT2D eigenvalue weighted by Gasteiger charge is -2.34. The minimum Gasteiger partial charge on any atom is -0.335 e. The third kappa shape index (κ3) is 3.00. The summed E-state index contributed by atoms with van der Waals surface area (Å²) < 4.78 is 24.1. The molecule has 19 heavy (non-hydrogen) atoms. The molecule has 0 bridgehead atoms. The van der Waals surface area contributed by atoms with Crippen LogP contribution in [0.1, 0.15) is 23.7 Å². The summed E-state index contributed by atoms with van der Waals surface area (Å²) in [5.41, 5.74) is -0.0422. The van der Waals surface area contributed by atoms with E-state index in [1.165, 1.54) is 0 Å². The number of benzene rings is 1. The summed E-state index contributed by atoms with van der Waals surface area (Å²) in [7, 11) is -1.35. The first-order chi connectivity index (χ1) is 8.73. The Morgan fingerprint density at radius 3 is 2.37 bits per heavy atom. The van der Waals surface area contributed by atoms with Crippen LogP contribution < -0.4 is 0 Å². The number of hydrogen-bond donors (Lipinski definition) is 0. The van der Waals surface area contributed by atoms with Crippen LogP contribution in [-0.4, -0.2) is 43.3 Å². The molecule has 1 saturated heterocycles. The Labute approximate surface area is 121 Å². The lowest BCUT2D eigenvalue weighted by Crippen LogP contribution is -2.48. The van der Waals surface area contributed by atoms with Crippen molar-refractivity contribution in [1.29, 1.82) is 0 Å². The van der Waals surface area contributed by atoms with E-state index in [4.69, 9.17) is 0 Å². The molecule has 1 heterocycles. The molecule has 4 nitrogen and oxygen atoms in total. The van der Waals surface area contributed by atoms with Gasteiger partial charge in [0, 0.05) is 17.1 Å². The number of nitrogens with zero attached hydrogens (tertiary/aromatic N) is 1. The molecule has 0 spiro atoms. The Morgan fingerprint density at radius 2 is 1.89 bits per heavy atom. The molecule has 1 amide bonds. The maximum atomic E-state index is 12.4. The minimum atomic E-state index is -3.02. The highest BCUT2D eigenvalue weighted by molar-refractivity contribution is 9.10. The summed E-state index contributed by atoms with van der Waals surface area (Å²) in [6.07, 6.45) is 0.494. The second kappa shape index (κ2) is 4.90. The third-order valence-corrected chi connectivity index (χ3v) is 6.10. The van der Waals surface area contributed by atoms with E-state index < -0.39 is 15.4 Å². The molecule has 1 aromatic carbocycles. The van der Waals surface area contributed by atoms with E-state index in [2.05, 4.69) is 15.9 Å². The van der Waals surface area contributed by atoms with Crippen LogP contribution in [0.4, 0.5) is 0 Å². The molecule has 0 unspecified atom stereocenters. The second-order valence-electron chi connectivity index (χ2n) is 5.21. The summed E-state index contributed by atoms with van der Waals surface area (Å²) in [5.74, 6) is 0.0485. The van der Waals surface area contributed by atoms with Crippen molar-refractivity contribution >= 4 is 31.7 Å². The third-order valence-electron chi connectivity index (χ3n) is 3.69. The Bertz CT molecular complexity index is 597. The maximum absolute atomic E-state index is 12.4. The van der Waals surface area contributed by atoms with Gasteiger partial charge in [0.2, 0.25) is 0 Å². The molecule has 1 aliphatic heterocycles. The molecule has 1 aliphatic rings. The molecule has 6 heteroatoms. The fraction of sp³-hybridized carbons (Fsp3) is 0.462. The Balaban J connectivity index is 2.22. The van der Waals surface area contributed by atoms with Crippen molar-refractivity contribution in [1.82, 2.24) is 4.90 Å². The van der Waals surface area contributed by atoms with Crippen LogP contribution in [0, 0.1) is 0 Å². The van der Waals surface area contributed by atoms with Crippen molar-refractivity contribution in [2.75, 3.05) is 18.6 Å². The zero-order valence-corrected chi connectivity index (χ0v) is 13.3. The van der Waals surface area contributed by atoms with E-state index in [0.29, 0.717) is 12.0 Å². The van der Waals surface area contributed by atoms with Gasteiger partial charge in [-0.3, -0.25) is 4.79 Å². The monoisotopic (exact) mass is 345 g/mol. The standard InChI is InChI=1S/C13H16BrNO3S/c1-13(7-8-19(17,18)9-13)15(2)12(16)10-3-5-11(14)6-4-10/h3-6H,7-9H2,1-2H3/t13-/m1/s1. The second-order valence-corrected chi connectivity index (χ2v) is 8.31. The van der Waals surface area contributed by atoms with Crippen LogP contribution in [0.25, 0.3) is 0 Å². The predicted octanol–water partition coefficient (Wildman–Crippen LogP) is 2.10. The van der Waals surface area contributed by atoms with Crippen LogP contribution in [0.5, 0.6) is 0 Å². The fourth-order valence-corrected chi connectivity index (χ4v) is 4.73. The van der Waals surface area contributed by atoms with E-state index in [0.717, 1.165) is 4.47 Å². The molecule has 104 valence electrons. The Hall–Kier alpha value is -0.880. The van der Waals surface area contributed by atoms with E-state index in [1.807, 2.05) is 6.92 Å². The fourth-order valence-electron chi connectivity index (χ4n) is 2.29. The smallest absolute Gasteiger partial charge is 0.254 e. The predicted molar refractivity (Wildman–Crippen MR) is 77.9 cm³/mol. The molecular weight excluding hydrogens is 330 g/mol. The van der Waals surface area contributed by atoms with Gasteiger partial charge in [0.25, 0.3) is 5.91 Å². The van der Waals surface area contributed by atoms with Crippen molar-refractivity contribution in [3.05, 3.63) is 34.3 Å². The molecule has 0 saturated carbocycles. The zero-order chi connectivity index (χ0) is 14.3. The van der Waals surface area contributed by atoms with Crippen LogP contribution >= 0.6 is 15.9 Å². The number of rotatable bonds is 2. The first-order valence-corrected chi connectivity index (χ1v) is 8.59. The van der Waals surface area contributed by atoms with Gasteiger partial charge in [-0.1, -0.05) is 15.9 Å². The Kier molecular flexibility index (Phi) is 3.75. The summed E-state index contributed by atoms with van der Waals surface area (Å²) in [4.78, 5) is 13.9. The summed E-state index contributed by atoms with van der Waals surface area (Å²) >= 11 is 3.32. The first-order valence-electron chi connectivity index (χ1n) is 5.98. The van der Waals surface area contributed by atoms with Gasteiger partial charge < -0.3 is 4.90 Å². The number of halogens is 1. The number of carbonyl (C=O) groups excluding carboxylic acids is 1. The molecule has 1 fully saturated rings. The molecule has 0 N–H and O–H groups in total. The van der Waals surface area contributed by atoms with Gasteiger partial charge in [-0.25, -0.2) is 8.42 Å². The highest BCUT2D eigenvalue weighted by Crippen LogP contribution is 2.29. The summed E-state index contributed by atoms with van der Waals surface area (Å²) in [5, 5.41) is 0. The minimum absolute atomic E-state index is 0.0404. The van der Waals surface area contributed by atoms with Crippen LogP contribution in [0.2, 0.25) is 0 Å². The quantitative estimate of drug-likeness (QED) is 0.824. The van der Waals surface area contributed by atoms with E-state index in [9.17, 15) is 13.2 Å². The van der Waals surface area contributed by atoms with Gasteiger partial charge in [-0.15, -0.1) is 0 Å². The van der Waals surface area contributed by atoms with Crippen LogP contribution in [0.3, 0.4) is 0 Å². The van der Waals surface area contributed by atoms with E-state index >= 15 is 0 Å². The maximum Gasteiger partial charge on any atom is 0.254 e. The molecule has 1 aromatic rings. The molecule has 1 atom stereocenters. The van der Waals surface area contributed by atoms with Crippen LogP contribution in [0.15, 0.2) is 28.7 Å². The van der Waals surface area contributed by atoms with Gasteiger partial charge in [-0.2, -0.15) is 0 Å². The van der Waals surface area contributed by atoms with Crippen LogP contribution in [-0.2, 0) is 9.84 Å². The van der Waals surface area contributed by atoms with Gasteiger partial charge in [0.1, 0.15) is 0 Å². The molecule has 0 aliphatic carbocycles. The lowest BCUT2D eigenvalue weighted by atomic mass is 9.99. The number of carbonyl (C=O) groups is 1. The molecular formula is C13H16BrNO3S. The highest BCUT2D eigenvalue weighted by atomic mass is 79.9. The average molecular weight is 346 g/mol. The van der Waals surface area contributed by atoms with Gasteiger partial charge in [-0.05, 0) is 37.6 Å². The van der Waals surface area contributed by atoms with Crippen molar-refractivity contribution in [3.63, 3.8) is 0 Å². The molecule has 2 rings (SSSR count). The molecule has 0 radical (unpaired) electrons. The van der Waals surface area contributed by atoms with Crippen molar-refractivity contribution in [3.8, 4) is 0 Å².